The number of ether oxygens (including phenoxy) is 2. The predicted molar refractivity (Wildman–Crippen MR) is 78.1 cm³/mol. The zero-order valence-electron chi connectivity index (χ0n) is 12.9. The van der Waals surface area contributed by atoms with Crippen LogP contribution in [0.3, 0.4) is 0 Å². The van der Waals surface area contributed by atoms with Gasteiger partial charge in [0.25, 0.3) is 0 Å². The lowest BCUT2D eigenvalue weighted by Crippen LogP contribution is -2.34. The quantitative estimate of drug-likeness (QED) is 0.864. The van der Waals surface area contributed by atoms with E-state index in [1.54, 1.807) is 0 Å². The molecule has 0 bridgehead atoms. The molecule has 21 heavy (non-hydrogen) atoms. The van der Waals surface area contributed by atoms with E-state index < -0.39 is 0 Å². The molecule has 1 aromatic rings. The van der Waals surface area contributed by atoms with E-state index in [1.165, 1.54) is 0 Å². The first-order chi connectivity index (χ1) is 10.1. The number of aromatic nitrogens is 2. The predicted octanol–water partition coefficient (Wildman–Crippen LogP) is 2.04. The lowest BCUT2D eigenvalue weighted by atomic mass is 10.1. The van der Waals surface area contributed by atoms with Gasteiger partial charge in [-0.05, 0) is 33.6 Å². The summed E-state index contributed by atoms with van der Waals surface area (Å²) in [6.07, 6.45) is 2.47. The number of esters is 1. The summed E-state index contributed by atoms with van der Waals surface area (Å²) in [5.41, 5.74) is 2.14. The second-order valence-electron chi connectivity index (χ2n) is 5.88. The molecule has 2 aliphatic rings. The van der Waals surface area contributed by atoms with Gasteiger partial charge in [0.15, 0.2) is 0 Å². The van der Waals surface area contributed by atoms with Crippen LogP contribution in [0.1, 0.15) is 44.1 Å². The minimum Gasteiger partial charge on any atom is -0.466 e. The van der Waals surface area contributed by atoms with Gasteiger partial charge in [-0.15, -0.1) is 0 Å². The molecule has 2 aliphatic heterocycles. The molecule has 3 atom stereocenters. The highest BCUT2D eigenvalue weighted by atomic mass is 16.5. The monoisotopic (exact) mass is 293 g/mol. The first-order valence-electron chi connectivity index (χ1n) is 7.73. The smallest absolute Gasteiger partial charge is 0.312 e. The molecule has 3 rings (SSSR count). The SMILES string of the molecule is CCOC(=O)C1CNc2c(C)c(C3CCC(C)O3)nn2C1. The molecule has 6 nitrogen and oxygen atoms in total. The van der Waals surface area contributed by atoms with Crippen LogP contribution >= 0.6 is 0 Å². The number of nitrogens with one attached hydrogen (secondary N) is 1. The summed E-state index contributed by atoms with van der Waals surface area (Å²) in [7, 11) is 0. The van der Waals surface area contributed by atoms with E-state index in [0.717, 1.165) is 29.9 Å². The average molecular weight is 293 g/mol. The summed E-state index contributed by atoms with van der Waals surface area (Å²) in [5, 5.41) is 8.00. The maximum absolute atomic E-state index is 11.9. The third-order valence-corrected chi connectivity index (χ3v) is 4.29. The molecule has 3 heterocycles. The van der Waals surface area contributed by atoms with Gasteiger partial charge in [0.1, 0.15) is 11.9 Å². The fourth-order valence-corrected chi connectivity index (χ4v) is 3.15. The second kappa shape index (κ2) is 5.67. The van der Waals surface area contributed by atoms with Crippen molar-refractivity contribution < 1.29 is 14.3 Å². The van der Waals surface area contributed by atoms with Crippen molar-refractivity contribution in [2.45, 2.75) is 52.4 Å². The minimum absolute atomic E-state index is 0.0842. The van der Waals surface area contributed by atoms with Crippen LogP contribution in [0.2, 0.25) is 0 Å². The van der Waals surface area contributed by atoms with Crippen LogP contribution in [0.5, 0.6) is 0 Å². The molecule has 3 unspecified atom stereocenters. The summed E-state index contributed by atoms with van der Waals surface area (Å²) in [6, 6.07) is 0. The lowest BCUT2D eigenvalue weighted by Gasteiger charge is -2.23. The van der Waals surface area contributed by atoms with Crippen molar-refractivity contribution in [3.63, 3.8) is 0 Å². The van der Waals surface area contributed by atoms with E-state index in [9.17, 15) is 4.79 Å². The number of fused-ring (bicyclic) bond motifs is 1. The third kappa shape index (κ3) is 2.64. The van der Waals surface area contributed by atoms with Gasteiger partial charge in [-0.25, -0.2) is 4.68 Å². The second-order valence-corrected chi connectivity index (χ2v) is 5.88. The molecule has 1 saturated heterocycles. The van der Waals surface area contributed by atoms with Crippen LogP contribution in [0.25, 0.3) is 0 Å². The molecule has 6 heteroatoms. The molecule has 0 aromatic carbocycles. The highest BCUT2D eigenvalue weighted by Gasteiger charge is 2.32. The normalized spacial score (nSPS) is 28.0. The van der Waals surface area contributed by atoms with E-state index in [-0.39, 0.29) is 18.0 Å². The Morgan fingerprint density at radius 1 is 1.52 bits per heavy atom. The van der Waals surface area contributed by atoms with Gasteiger partial charge in [-0.1, -0.05) is 0 Å². The van der Waals surface area contributed by atoms with E-state index in [4.69, 9.17) is 9.47 Å². The fourth-order valence-electron chi connectivity index (χ4n) is 3.15. The van der Waals surface area contributed by atoms with E-state index in [0.29, 0.717) is 25.8 Å². The summed E-state index contributed by atoms with van der Waals surface area (Å²) >= 11 is 0. The van der Waals surface area contributed by atoms with Crippen LogP contribution in [-0.4, -0.2) is 35.0 Å². The minimum atomic E-state index is -0.173. The molecular formula is C15H23N3O3. The first kappa shape index (κ1) is 14.4. The van der Waals surface area contributed by atoms with E-state index in [1.807, 2.05) is 11.6 Å². The topological polar surface area (TPSA) is 65.4 Å². The molecule has 1 aromatic heterocycles. The summed E-state index contributed by atoms with van der Waals surface area (Å²) in [6.45, 7) is 7.59. The average Bonchev–Trinajstić information content (AvgIpc) is 3.03. The number of anilines is 1. The Morgan fingerprint density at radius 2 is 2.33 bits per heavy atom. The molecule has 0 radical (unpaired) electrons. The summed E-state index contributed by atoms with van der Waals surface area (Å²) in [4.78, 5) is 11.9. The number of hydrogen-bond acceptors (Lipinski definition) is 5. The van der Waals surface area contributed by atoms with E-state index in [2.05, 4.69) is 24.3 Å². The molecular weight excluding hydrogens is 270 g/mol. The highest BCUT2D eigenvalue weighted by molar-refractivity contribution is 5.73. The van der Waals surface area contributed by atoms with Crippen LogP contribution < -0.4 is 5.32 Å². The van der Waals surface area contributed by atoms with Gasteiger partial charge in [0.05, 0.1) is 30.9 Å². The Bertz CT molecular complexity index is 541. The number of rotatable bonds is 3. The molecule has 0 spiro atoms. The van der Waals surface area contributed by atoms with Gasteiger partial charge in [0, 0.05) is 12.1 Å². The number of nitrogens with zero attached hydrogens (tertiary/aromatic N) is 2. The van der Waals surface area contributed by atoms with Gasteiger partial charge < -0.3 is 14.8 Å². The molecule has 0 saturated carbocycles. The lowest BCUT2D eigenvalue weighted by molar-refractivity contribution is -0.148. The third-order valence-electron chi connectivity index (χ3n) is 4.29. The van der Waals surface area contributed by atoms with Gasteiger partial charge >= 0.3 is 5.97 Å². The van der Waals surface area contributed by atoms with Crippen molar-refractivity contribution in [2.75, 3.05) is 18.5 Å². The Balaban J connectivity index is 1.79. The largest absolute Gasteiger partial charge is 0.466 e. The molecule has 116 valence electrons. The molecule has 0 aliphatic carbocycles. The number of carbonyl (C=O) groups is 1. The van der Waals surface area contributed by atoms with E-state index >= 15 is 0 Å². The zero-order valence-corrected chi connectivity index (χ0v) is 12.9. The zero-order chi connectivity index (χ0) is 15.0. The molecule has 0 amide bonds. The van der Waals surface area contributed by atoms with Gasteiger partial charge in [0.2, 0.25) is 0 Å². The van der Waals surface area contributed by atoms with Crippen LogP contribution in [0.15, 0.2) is 0 Å². The summed E-state index contributed by atoms with van der Waals surface area (Å²) in [5.74, 6) is 0.679. The maximum atomic E-state index is 11.9. The van der Waals surface area contributed by atoms with Crippen molar-refractivity contribution in [3.05, 3.63) is 11.3 Å². The summed E-state index contributed by atoms with van der Waals surface area (Å²) < 4.78 is 12.9. The maximum Gasteiger partial charge on any atom is 0.312 e. The molecule has 1 N–H and O–H groups in total. The molecule has 1 fully saturated rings. The van der Waals surface area contributed by atoms with Crippen molar-refractivity contribution in [3.8, 4) is 0 Å². The Morgan fingerprint density at radius 3 is 3.00 bits per heavy atom. The highest BCUT2D eigenvalue weighted by Crippen LogP contribution is 2.36. The van der Waals surface area contributed by atoms with Crippen LogP contribution in [0.4, 0.5) is 5.82 Å². The standard InChI is InChI=1S/C15H23N3O3/c1-4-20-15(19)11-7-16-14-10(3)13(17-18(14)8-11)12-6-5-9(2)21-12/h9,11-12,16H,4-8H2,1-3H3. The van der Waals surface area contributed by atoms with Gasteiger partial charge in [-0.3, -0.25) is 4.79 Å². The first-order valence-corrected chi connectivity index (χ1v) is 7.73. The van der Waals surface area contributed by atoms with Gasteiger partial charge in [-0.2, -0.15) is 5.10 Å². The van der Waals surface area contributed by atoms with Crippen molar-refractivity contribution in [2.24, 2.45) is 5.92 Å². The number of hydrogen-bond donors (Lipinski definition) is 1. The Kier molecular flexibility index (Phi) is 3.89. The Labute approximate surface area is 124 Å². The van der Waals surface area contributed by atoms with Crippen molar-refractivity contribution >= 4 is 11.8 Å². The van der Waals surface area contributed by atoms with Crippen LogP contribution in [-0.2, 0) is 20.8 Å². The van der Waals surface area contributed by atoms with Crippen molar-refractivity contribution in [1.82, 2.24) is 9.78 Å². The number of carbonyl (C=O) groups excluding carboxylic acids is 1. The van der Waals surface area contributed by atoms with Crippen molar-refractivity contribution in [1.29, 1.82) is 0 Å². The Hall–Kier alpha value is -1.56. The fraction of sp³-hybridized carbons (Fsp3) is 0.733. The van der Waals surface area contributed by atoms with Crippen LogP contribution in [0, 0.1) is 12.8 Å².